The maximum absolute atomic E-state index is 13.8. The van der Waals surface area contributed by atoms with Crippen molar-refractivity contribution in [3.8, 4) is 10.6 Å². The van der Waals surface area contributed by atoms with Crippen LogP contribution in [0, 0.1) is 15.9 Å². The van der Waals surface area contributed by atoms with Crippen molar-refractivity contribution >= 4 is 28.6 Å². The van der Waals surface area contributed by atoms with E-state index in [0.29, 0.717) is 12.1 Å². The Morgan fingerprint density at radius 2 is 1.90 bits per heavy atom. The Labute approximate surface area is 164 Å². The van der Waals surface area contributed by atoms with Crippen molar-refractivity contribution in [3.05, 3.63) is 75.0 Å². The van der Waals surface area contributed by atoms with Gasteiger partial charge in [0.1, 0.15) is 22.2 Å². The highest BCUT2D eigenvalue weighted by atomic mass is 32.1. The smallest absolute Gasteiger partial charge is 0.292 e. The number of carbonyl (C=O) groups excluding carboxylic acids is 1. The monoisotopic (exact) mass is 426 g/mol. The van der Waals surface area contributed by atoms with Crippen LogP contribution in [0.15, 0.2) is 47.8 Å². The second kappa shape index (κ2) is 7.83. The molecule has 0 saturated heterocycles. The van der Waals surface area contributed by atoms with E-state index in [1.807, 2.05) is 0 Å². The zero-order valence-electron chi connectivity index (χ0n) is 14.2. The molecule has 1 heterocycles. The standard InChI is InChI=1S/C17H10F4N4O3S/c18-11-4-2-1-3-10(11)16-22-13(8-29-16)15(26)24-23-12-6-5-9(17(19,20)21)7-14(12)25(27)28/h1-8,23H,(H,24,26). The number of hydrogen-bond donors (Lipinski definition) is 2. The SMILES string of the molecule is O=C(NNc1ccc(C(F)(F)F)cc1[N+](=O)[O-])c1csc(-c2ccccc2F)n1. The normalized spacial score (nSPS) is 11.2. The highest BCUT2D eigenvalue weighted by Crippen LogP contribution is 2.34. The Bertz CT molecular complexity index is 1080. The summed E-state index contributed by atoms with van der Waals surface area (Å²) in [4.78, 5) is 26.2. The first kappa shape index (κ1) is 20.2. The summed E-state index contributed by atoms with van der Waals surface area (Å²) in [6.45, 7) is 0. The number of carbonyl (C=O) groups is 1. The van der Waals surface area contributed by atoms with Gasteiger partial charge in [0.05, 0.1) is 10.5 Å². The first-order chi connectivity index (χ1) is 13.7. The molecule has 1 amide bonds. The summed E-state index contributed by atoms with van der Waals surface area (Å²) in [5.41, 5.74) is 2.02. The molecule has 0 aliphatic heterocycles. The molecule has 150 valence electrons. The van der Waals surface area contributed by atoms with E-state index in [2.05, 4.69) is 15.8 Å². The Morgan fingerprint density at radius 3 is 2.55 bits per heavy atom. The summed E-state index contributed by atoms with van der Waals surface area (Å²) < 4.78 is 52.0. The maximum Gasteiger partial charge on any atom is 0.416 e. The van der Waals surface area contributed by atoms with Gasteiger partial charge in [-0.2, -0.15) is 13.2 Å². The molecule has 0 spiro atoms. The van der Waals surface area contributed by atoms with Gasteiger partial charge in [0.2, 0.25) is 0 Å². The van der Waals surface area contributed by atoms with Crippen LogP contribution in [0.1, 0.15) is 16.1 Å². The van der Waals surface area contributed by atoms with E-state index in [9.17, 15) is 32.5 Å². The predicted molar refractivity (Wildman–Crippen MR) is 96.7 cm³/mol. The number of anilines is 1. The summed E-state index contributed by atoms with van der Waals surface area (Å²) in [6.07, 6.45) is -4.75. The lowest BCUT2D eigenvalue weighted by Crippen LogP contribution is -2.30. The van der Waals surface area contributed by atoms with E-state index in [0.717, 1.165) is 17.4 Å². The summed E-state index contributed by atoms with van der Waals surface area (Å²) in [5, 5.41) is 12.6. The molecule has 2 N–H and O–H groups in total. The first-order valence-corrected chi connectivity index (χ1v) is 8.67. The Morgan fingerprint density at radius 1 is 1.17 bits per heavy atom. The van der Waals surface area contributed by atoms with Crippen LogP contribution in [0.4, 0.5) is 28.9 Å². The Balaban J connectivity index is 1.76. The van der Waals surface area contributed by atoms with Crippen molar-refractivity contribution in [2.45, 2.75) is 6.18 Å². The minimum absolute atomic E-state index is 0.102. The molecule has 7 nitrogen and oxygen atoms in total. The number of hydrogen-bond acceptors (Lipinski definition) is 6. The van der Waals surface area contributed by atoms with E-state index < -0.39 is 34.1 Å². The van der Waals surface area contributed by atoms with Gasteiger partial charge in [-0.3, -0.25) is 25.8 Å². The van der Waals surface area contributed by atoms with Gasteiger partial charge < -0.3 is 0 Å². The highest BCUT2D eigenvalue weighted by molar-refractivity contribution is 7.13. The Hall–Kier alpha value is -3.54. The van der Waals surface area contributed by atoms with Crippen molar-refractivity contribution in [2.75, 3.05) is 5.43 Å². The molecule has 0 aliphatic carbocycles. The molecule has 29 heavy (non-hydrogen) atoms. The van der Waals surface area contributed by atoms with Crippen molar-refractivity contribution < 1.29 is 27.3 Å². The molecule has 12 heteroatoms. The average Bonchev–Trinajstić information content (AvgIpc) is 3.15. The molecule has 0 saturated carbocycles. The number of nitrogens with zero attached hydrogens (tertiary/aromatic N) is 2. The van der Waals surface area contributed by atoms with Crippen LogP contribution in [0.25, 0.3) is 10.6 Å². The van der Waals surface area contributed by atoms with E-state index in [1.54, 1.807) is 6.07 Å². The lowest BCUT2D eigenvalue weighted by molar-refractivity contribution is -0.384. The molecular formula is C17H10F4N4O3S. The number of halogens is 4. The number of nitrogens with one attached hydrogen (secondary N) is 2. The van der Waals surface area contributed by atoms with Gasteiger partial charge in [0.15, 0.2) is 0 Å². The van der Waals surface area contributed by atoms with Gasteiger partial charge in [-0.25, -0.2) is 9.37 Å². The number of hydrazine groups is 1. The predicted octanol–water partition coefficient (Wildman–Crippen LogP) is 4.63. The van der Waals surface area contributed by atoms with E-state index in [4.69, 9.17) is 0 Å². The fraction of sp³-hybridized carbons (Fsp3) is 0.0588. The van der Waals surface area contributed by atoms with Crippen LogP contribution < -0.4 is 10.9 Å². The zero-order chi connectivity index (χ0) is 21.2. The molecule has 0 aliphatic rings. The molecule has 0 bridgehead atoms. The summed E-state index contributed by atoms with van der Waals surface area (Å²) in [6, 6.07) is 7.65. The number of rotatable bonds is 5. The van der Waals surface area contributed by atoms with Crippen LogP contribution in [0.3, 0.4) is 0 Å². The van der Waals surface area contributed by atoms with Gasteiger partial charge in [-0.15, -0.1) is 11.3 Å². The van der Waals surface area contributed by atoms with Crippen molar-refractivity contribution in [1.29, 1.82) is 0 Å². The molecular weight excluding hydrogens is 416 g/mol. The minimum Gasteiger partial charge on any atom is -0.292 e. The maximum atomic E-state index is 13.8. The van der Waals surface area contributed by atoms with E-state index >= 15 is 0 Å². The first-order valence-electron chi connectivity index (χ1n) is 7.79. The van der Waals surface area contributed by atoms with Crippen LogP contribution in [0.2, 0.25) is 0 Å². The average molecular weight is 426 g/mol. The van der Waals surface area contributed by atoms with Gasteiger partial charge >= 0.3 is 6.18 Å². The summed E-state index contributed by atoms with van der Waals surface area (Å²) >= 11 is 1.01. The van der Waals surface area contributed by atoms with Crippen LogP contribution in [-0.4, -0.2) is 15.8 Å². The fourth-order valence-corrected chi connectivity index (χ4v) is 3.12. The van der Waals surface area contributed by atoms with Crippen LogP contribution in [-0.2, 0) is 6.18 Å². The molecule has 0 unspecified atom stereocenters. The van der Waals surface area contributed by atoms with Crippen molar-refractivity contribution in [2.24, 2.45) is 0 Å². The third kappa shape index (κ3) is 4.48. The number of benzene rings is 2. The number of aromatic nitrogens is 1. The molecule has 2 aromatic carbocycles. The second-order valence-electron chi connectivity index (χ2n) is 5.58. The van der Waals surface area contributed by atoms with Gasteiger partial charge in [-0.1, -0.05) is 12.1 Å². The molecule has 0 radical (unpaired) electrons. The van der Waals surface area contributed by atoms with E-state index in [-0.39, 0.29) is 22.0 Å². The van der Waals surface area contributed by atoms with E-state index in [1.165, 1.54) is 23.6 Å². The zero-order valence-corrected chi connectivity index (χ0v) is 15.0. The minimum atomic E-state index is -4.75. The molecule has 3 rings (SSSR count). The summed E-state index contributed by atoms with van der Waals surface area (Å²) in [7, 11) is 0. The number of thiazole rings is 1. The molecule has 1 aromatic heterocycles. The van der Waals surface area contributed by atoms with Gasteiger partial charge in [0, 0.05) is 17.0 Å². The van der Waals surface area contributed by atoms with Gasteiger partial charge in [-0.05, 0) is 24.3 Å². The Kier molecular flexibility index (Phi) is 5.46. The number of amides is 1. The second-order valence-corrected chi connectivity index (χ2v) is 6.44. The third-order valence-corrected chi connectivity index (χ3v) is 4.55. The third-order valence-electron chi connectivity index (χ3n) is 3.67. The number of nitro benzene ring substituents is 1. The quantitative estimate of drug-likeness (QED) is 0.352. The van der Waals surface area contributed by atoms with Crippen LogP contribution >= 0.6 is 11.3 Å². The molecule has 0 atom stereocenters. The summed E-state index contributed by atoms with van der Waals surface area (Å²) in [5.74, 6) is -1.33. The number of nitro groups is 1. The topological polar surface area (TPSA) is 97.2 Å². The van der Waals surface area contributed by atoms with Crippen molar-refractivity contribution in [1.82, 2.24) is 10.4 Å². The van der Waals surface area contributed by atoms with Crippen LogP contribution in [0.5, 0.6) is 0 Å². The molecule has 0 fully saturated rings. The van der Waals surface area contributed by atoms with Crippen molar-refractivity contribution in [3.63, 3.8) is 0 Å². The fourth-order valence-electron chi connectivity index (χ4n) is 2.29. The highest BCUT2D eigenvalue weighted by Gasteiger charge is 2.33. The lowest BCUT2D eigenvalue weighted by atomic mass is 10.1. The molecule has 3 aromatic rings. The number of alkyl halides is 3. The van der Waals surface area contributed by atoms with Gasteiger partial charge in [0.25, 0.3) is 11.6 Å². The lowest BCUT2D eigenvalue weighted by Gasteiger charge is -2.11. The largest absolute Gasteiger partial charge is 0.416 e.